The van der Waals surface area contributed by atoms with Crippen LogP contribution in [-0.4, -0.2) is 17.5 Å². The molecule has 1 aliphatic rings. The van der Waals surface area contributed by atoms with Gasteiger partial charge in [-0.1, -0.05) is 73.5 Å². The zero-order valence-electron chi connectivity index (χ0n) is 13.4. The Balaban J connectivity index is 1.85. The molecule has 0 spiro atoms. The SMILES string of the molecule is CN(Cc1ccccc1)C1(C(N)c2ccccc2)CCCC1. The van der Waals surface area contributed by atoms with Crippen LogP contribution in [-0.2, 0) is 6.54 Å². The zero-order valence-corrected chi connectivity index (χ0v) is 13.4. The van der Waals surface area contributed by atoms with E-state index in [0.29, 0.717) is 0 Å². The Morgan fingerprint density at radius 1 is 0.955 bits per heavy atom. The number of nitrogens with zero attached hydrogens (tertiary/aromatic N) is 1. The van der Waals surface area contributed by atoms with Crippen molar-refractivity contribution in [2.75, 3.05) is 7.05 Å². The summed E-state index contributed by atoms with van der Waals surface area (Å²) in [6.45, 7) is 0.960. The molecule has 0 saturated heterocycles. The topological polar surface area (TPSA) is 29.3 Å². The van der Waals surface area contributed by atoms with E-state index in [1.165, 1.54) is 36.8 Å². The lowest BCUT2D eigenvalue weighted by atomic mass is 9.82. The van der Waals surface area contributed by atoms with Crippen LogP contribution in [0, 0.1) is 0 Å². The molecule has 0 aliphatic heterocycles. The molecular formula is C20H26N2. The Morgan fingerprint density at radius 3 is 2.09 bits per heavy atom. The third kappa shape index (κ3) is 2.94. The fourth-order valence-corrected chi connectivity index (χ4v) is 3.90. The van der Waals surface area contributed by atoms with Crippen molar-refractivity contribution in [2.24, 2.45) is 5.73 Å². The summed E-state index contributed by atoms with van der Waals surface area (Å²) < 4.78 is 0. The molecule has 0 amide bonds. The molecule has 1 unspecified atom stereocenters. The number of rotatable bonds is 5. The summed E-state index contributed by atoms with van der Waals surface area (Å²) in [6.07, 6.45) is 4.93. The smallest absolute Gasteiger partial charge is 0.0482 e. The van der Waals surface area contributed by atoms with Gasteiger partial charge in [0.05, 0.1) is 0 Å². The second-order valence-electron chi connectivity index (χ2n) is 6.54. The lowest BCUT2D eigenvalue weighted by Crippen LogP contribution is -2.51. The van der Waals surface area contributed by atoms with Crippen molar-refractivity contribution in [1.82, 2.24) is 4.90 Å². The molecule has 2 heteroatoms. The van der Waals surface area contributed by atoms with Crippen molar-refractivity contribution >= 4 is 0 Å². The molecular weight excluding hydrogens is 268 g/mol. The van der Waals surface area contributed by atoms with Gasteiger partial charge in [0.1, 0.15) is 0 Å². The van der Waals surface area contributed by atoms with Gasteiger partial charge in [0, 0.05) is 18.1 Å². The normalized spacial score (nSPS) is 18.5. The second kappa shape index (κ2) is 6.64. The van der Waals surface area contributed by atoms with Crippen molar-refractivity contribution in [3.8, 4) is 0 Å². The van der Waals surface area contributed by atoms with Crippen LogP contribution in [0.5, 0.6) is 0 Å². The highest BCUT2D eigenvalue weighted by Crippen LogP contribution is 2.43. The van der Waals surface area contributed by atoms with E-state index < -0.39 is 0 Å². The maximum absolute atomic E-state index is 6.75. The summed E-state index contributed by atoms with van der Waals surface area (Å²) >= 11 is 0. The van der Waals surface area contributed by atoms with Crippen molar-refractivity contribution < 1.29 is 0 Å². The van der Waals surface area contributed by atoms with E-state index in [1.807, 2.05) is 0 Å². The molecule has 2 aromatic carbocycles. The van der Waals surface area contributed by atoms with Crippen LogP contribution in [0.25, 0.3) is 0 Å². The Morgan fingerprint density at radius 2 is 1.50 bits per heavy atom. The average molecular weight is 294 g/mol. The molecule has 2 nitrogen and oxygen atoms in total. The zero-order chi connectivity index (χ0) is 15.4. The molecule has 0 radical (unpaired) electrons. The first kappa shape index (κ1) is 15.3. The minimum Gasteiger partial charge on any atom is -0.322 e. The Labute approximate surface area is 134 Å². The van der Waals surface area contributed by atoms with Crippen LogP contribution in [0.15, 0.2) is 60.7 Å². The summed E-state index contributed by atoms with van der Waals surface area (Å²) in [4.78, 5) is 2.49. The quantitative estimate of drug-likeness (QED) is 0.898. The van der Waals surface area contributed by atoms with E-state index in [1.54, 1.807) is 0 Å². The van der Waals surface area contributed by atoms with E-state index >= 15 is 0 Å². The van der Waals surface area contributed by atoms with Gasteiger partial charge in [-0.2, -0.15) is 0 Å². The van der Waals surface area contributed by atoms with Crippen molar-refractivity contribution in [3.63, 3.8) is 0 Å². The molecule has 116 valence electrons. The predicted octanol–water partition coefficient (Wildman–Crippen LogP) is 4.13. The summed E-state index contributed by atoms with van der Waals surface area (Å²) in [5, 5.41) is 0. The number of hydrogen-bond acceptors (Lipinski definition) is 2. The minimum absolute atomic E-state index is 0.0740. The largest absolute Gasteiger partial charge is 0.322 e. The summed E-state index contributed by atoms with van der Waals surface area (Å²) in [7, 11) is 2.24. The monoisotopic (exact) mass is 294 g/mol. The lowest BCUT2D eigenvalue weighted by Gasteiger charge is -2.44. The van der Waals surface area contributed by atoms with Crippen LogP contribution >= 0.6 is 0 Å². The minimum atomic E-state index is 0.0740. The average Bonchev–Trinajstić information content (AvgIpc) is 3.07. The summed E-state index contributed by atoms with van der Waals surface area (Å²) in [5.74, 6) is 0. The van der Waals surface area contributed by atoms with E-state index in [0.717, 1.165) is 6.54 Å². The number of benzene rings is 2. The van der Waals surface area contributed by atoms with Crippen molar-refractivity contribution in [2.45, 2.75) is 43.8 Å². The molecule has 1 aliphatic carbocycles. The third-order valence-electron chi connectivity index (χ3n) is 5.23. The maximum Gasteiger partial charge on any atom is 0.0482 e. The molecule has 0 aromatic heterocycles. The van der Waals surface area contributed by atoms with E-state index in [2.05, 4.69) is 72.6 Å². The molecule has 0 bridgehead atoms. The number of likely N-dealkylation sites (N-methyl/N-ethyl adjacent to an activating group) is 1. The van der Waals surface area contributed by atoms with Crippen molar-refractivity contribution in [1.29, 1.82) is 0 Å². The highest BCUT2D eigenvalue weighted by molar-refractivity contribution is 5.24. The van der Waals surface area contributed by atoms with Crippen LogP contribution < -0.4 is 5.73 Å². The lowest BCUT2D eigenvalue weighted by molar-refractivity contribution is 0.0866. The van der Waals surface area contributed by atoms with Crippen molar-refractivity contribution in [3.05, 3.63) is 71.8 Å². The van der Waals surface area contributed by atoms with Crippen LogP contribution in [0.1, 0.15) is 42.9 Å². The van der Waals surface area contributed by atoms with Gasteiger partial charge in [-0.25, -0.2) is 0 Å². The fourth-order valence-electron chi connectivity index (χ4n) is 3.90. The molecule has 22 heavy (non-hydrogen) atoms. The molecule has 1 fully saturated rings. The molecule has 1 atom stereocenters. The van der Waals surface area contributed by atoms with Gasteiger partial charge in [-0.3, -0.25) is 4.90 Å². The maximum atomic E-state index is 6.75. The van der Waals surface area contributed by atoms with Gasteiger partial charge >= 0.3 is 0 Å². The Hall–Kier alpha value is -1.64. The summed E-state index contributed by atoms with van der Waals surface area (Å²) in [6, 6.07) is 21.4. The highest BCUT2D eigenvalue weighted by atomic mass is 15.2. The molecule has 3 rings (SSSR count). The third-order valence-corrected chi connectivity index (χ3v) is 5.23. The van der Waals surface area contributed by atoms with Gasteiger partial charge in [-0.05, 0) is 31.0 Å². The van der Waals surface area contributed by atoms with Crippen LogP contribution in [0.4, 0.5) is 0 Å². The van der Waals surface area contributed by atoms with Gasteiger partial charge in [0.15, 0.2) is 0 Å². The number of hydrogen-bond donors (Lipinski definition) is 1. The molecule has 2 aromatic rings. The van der Waals surface area contributed by atoms with Crippen LogP contribution in [0.2, 0.25) is 0 Å². The van der Waals surface area contributed by atoms with Gasteiger partial charge in [-0.15, -0.1) is 0 Å². The highest BCUT2D eigenvalue weighted by Gasteiger charge is 2.43. The van der Waals surface area contributed by atoms with E-state index in [4.69, 9.17) is 5.73 Å². The second-order valence-corrected chi connectivity index (χ2v) is 6.54. The van der Waals surface area contributed by atoms with Gasteiger partial charge in [0.2, 0.25) is 0 Å². The first-order valence-corrected chi connectivity index (χ1v) is 8.28. The predicted molar refractivity (Wildman–Crippen MR) is 92.5 cm³/mol. The summed E-state index contributed by atoms with van der Waals surface area (Å²) in [5.41, 5.74) is 9.44. The Kier molecular flexibility index (Phi) is 4.60. The molecule has 2 N–H and O–H groups in total. The van der Waals surface area contributed by atoms with Crippen LogP contribution in [0.3, 0.4) is 0 Å². The standard InChI is InChI=1S/C20H26N2/c1-22(16-17-10-4-2-5-11-17)20(14-8-9-15-20)19(21)18-12-6-3-7-13-18/h2-7,10-13,19H,8-9,14-16,21H2,1H3. The molecule has 1 saturated carbocycles. The first-order chi connectivity index (χ1) is 10.7. The van der Waals surface area contributed by atoms with E-state index in [9.17, 15) is 0 Å². The van der Waals surface area contributed by atoms with Gasteiger partial charge < -0.3 is 5.73 Å². The fraction of sp³-hybridized carbons (Fsp3) is 0.400. The van der Waals surface area contributed by atoms with Gasteiger partial charge in [0.25, 0.3) is 0 Å². The number of nitrogens with two attached hydrogens (primary N) is 1. The Bertz CT molecular complexity index is 573. The van der Waals surface area contributed by atoms with E-state index in [-0.39, 0.29) is 11.6 Å². The first-order valence-electron chi connectivity index (χ1n) is 8.28. The molecule has 0 heterocycles.